The Morgan fingerprint density at radius 2 is 1.88 bits per heavy atom. The maximum atomic E-state index is 4.49. The van der Waals surface area contributed by atoms with Crippen molar-refractivity contribution < 1.29 is 0 Å². The first-order valence-corrected chi connectivity index (χ1v) is 5.19. The molecule has 0 saturated heterocycles. The highest BCUT2D eigenvalue weighted by molar-refractivity contribution is 5.45. The van der Waals surface area contributed by atoms with Gasteiger partial charge in [-0.3, -0.25) is 0 Å². The van der Waals surface area contributed by atoms with E-state index in [1.165, 1.54) is 5.56 Å². The number of hydrogen-bond acceptors (Lipinski definition) is 5. The van der Waals surface area contributed by atoms with Gasteiger partial charge in [-0.1, -0.05) is 0 Å². The van der Waals surface area contributed by atoms with Crippen molar-refractivity contribution in [1.82, 2.24) is 25.3 Å². The topological polar surface area (TPSA) is 63.6 Å². The molecular formula is C11H11N5. The van der Waals surface area contributed by atoms with Crippen molar-refractivity contribution in [2.75, 3.05) is 0 Å². The summed E-state index contributed by atoms with van der Waals surface area (Å²) in [7, 11) is 0. The van der Waals surface area contributed by atoms with Gasteiger partial charge in [0.1, 0.15) is 0 Å². The fraction of sp³-hybridized carbons (Fsp3) is 0.273. The number of hydrogen-bond donors (Lipinski definition) is 1. The first kappa shape index (κ1) is 9.35. The van der Waals surface area contributed by atoms with Crippen LogP contribution in [0, 0.1) is 6.92 Å². The van der Waals surface area contributed by atoms with Crippen LogP contribution in [-0.4, -0.2) is 19.9 Å². The second kappa shape index (κ2) is 3.61. The van der Waals surface area contributed by atoms with Gasteiger partial charge in [0, 0.05) is 36.7 Å². The molecule has 0 radical (unpaired) electrons. The number of rotatable bonds is 1. The molecule has 1 aliphatic rings. The van der Waals surface area contributed by atoms with Crippen molar-refractivity contribution >= 4 is 0 Å². The quantitative estimate of drug-likeness (QED) is 0.760. The van der Waals surface area contributed by atoms with E-state index in [4.69, 9.17) is 0 Å². The van der Waals surface area contributed by atoms with E-state index in [9.17, 15) is 0 Å². The first-order chi connectivity index (χ1) is 7.84. The van der Waals surface area contributed by atoms with Gasteiger partial charge in [-0.25, -0.2) is 19.9 Å². The highest BCUT2D eigenvalue weighted by atomic mass is 15.0. The summed E-state index contributed by atoms with van der Waals surface area (Å²) in [5, 5.41) is 3.26. The zero-order chi connectivity index (χ0) is 11.0. The fourth-order valence-electron chi connectivity index (χ4n) is 1.85. The van der Waals surface area contributed by atoms with Gasteiger partial charge in [0.15, 0.2) is 11.6 Å². The maximum Gasteiger partial charge on any atom is 0.198 e. The van der Waals surface area contributed by atoms with Crippen molar-refractivity contribution in [3.63, 3.8) is 0 Å². The molecule has 0 bridgehead atoms. The zero-order valence-corrected chi connectivity index (χ0v) is 8.94. The molecule has 16 heavy (non-hydrogen) atoms. The summed E-state index contributed by atoms with van der Waals surface area (Å²) in [4.78, 5) is 17.2. The molecule has 2 aromatic heterocycles. The van der Waals surface area contributed by atoms with E-state index in [-0.39, 0.29) is 0 Å². The van der Waals surface area contributed by atoms with Crippen LogP contribution >= 0.6 is 0 Å². The van der Waals surface area contributed by atoms with Crippen molar-refractivity contribution in [2.24, 2.45) is 0 Å². The second-order valence-electron chi connectivity index (χ2n) is 3.73. The minimum absolute atomic E-state index is 0.584. The van der Waals surface area contributed by atoms with Gasteiger partial charge in [-0.15, -0.1) is 0 Å². The summed E-state index contributed by atoms with van der Waals surface area (Å²) in [6, 6.07) is 1.78. The molecule has 0 amide bonds. The molecule has 3 heterocycles. The number of aryl methyl sites for hydroxylation is 1. The van der Waals surface area contributed by atoms with E-state index in [2.05, 4.69) is 25.3 Å². The Hall–Kier alpha value is -1.88. The van der Waals surface area contributed by atoms with Gasteiger partial charge in [0.05, 0.1) is 5.69 Å². The number of nitrogens with one attached hydrogen (secondary N) is 1. The normalized spacial score (nSPS) is 13.8. The van der Waals surface area contributed by atoms with Gasteiger partial charge < -0.3 is 5.32 Å². The SMILES string of the molecule is Cc1nc(-c2ncccn2)nc2c1CNC2. The molecule has 80 valence electrons. The second-order valence-corrected chi connectivity index (χ2v) is 3.73. The third-order valence-corrected chi connectivity index (χ3v) is 2.66. The van der Waals surface area contributed by atoms with Gasteiger partial charge >= 0.3 is 0 Å². The lowest BCUT2D eigenvalue weighted by Crippen LogP contribution is -2.01. The molecule has 0 fully saturated rings. The van der Waals surface area contributed by atoms with Crippen molar-refractivity contribution in [3.8, 4) is 11.6 Å². The summed E-state index contributed by atoms with van der Waals surface area (Å²) in [5.41, 5.74) is 3.28. The molecule has 0 unspecified atom stereocenters. The summed E-state index contributed by atoms with van der Waals surface area (Å²) >= 11 is 0. The van der Waals surface area contributed by atoms with Crippen LogP contribution < -0.4 is 5.32 Å². The smallest absolute Gasteiger partial charge is 0.198 e. The van der Waals surface area contributed by atoms with Crippen molar-refractivity contribution in [3.05, 3.63) is 35.4 Å². The fourth-order valence-corrected chi connectivity index (χ4v) is 1.85. The Kier molecular flexibility index (Phi) is 2.11. The molecule has 1 N–H and O–H groups in total. The molecule has 0 spiro atoms. The lowest BCUT2D eigenvalue weighted by Gasteiger charge is -2.04. The van der Waals surface area contributed by atoms with Gasteiger partial charge in [-0.05, 0) is 13.0 Å². The van der Waals surface area contributed by atoms with Crippen molar-refractivity contribution in [1.29, 1.82) is 0 Å². The monoisotopic (exact) mass is 213 g/mol. The molecule has 0 saturated carbocycles. The molecule has 5 nitrogen and oxygen atoms in total. The van der Waals surface area contributed by atoms with E-state index in [1.54, 1.807) is 18.5 Å². The number of nitrogens with zero attached hydrogens (tertiary/aromatic N) is 4. The Morgan fingerprint density at radius 3 is 2.69 bits per heavy atom. The lowest BCUT2D eigenvalue weighted by atomic mass is 10.2. The summed E-state index contributed by atoms with van der Waals surface area (Å²) in [6.45, 7) is 3.66. The van der Waals surface area contributed by atoms with Crippen LogP contribution in [-0.2, 0) is 13.1 Å². The number of aromatic nitrogens is 4. The molecule has 3 rings (SSSR count). The largest absolute Gasteiger partial charge is 0.307 e. The predicted molar refractivity (Wildman–Crippen MR) is 58.3 cm³/mol. The molecular weight excluding hydrogens is 202 g/mol. The Morgan fingerprint density at radius 1 is 1.06 bits per heavy atom. The van der Waals surface area contributed by atoms with Gasteiger partial charge in [0.2, 0.25) is 0 Å². The van der Waals surface area contributed by atoms with Gasteiger partial charge in [-0.2, -0.15) is 0 Å². The zero-order valence-electron chi connectivity index (χ0n) is 8.94. The van der Waals surface area contributed by atoms with Crippen LogP contribution in [0.3, 0.4) is 0 Å². The third-order valence-electron chi connectivity index (χ3n) is 2.66. The first-order valence-electron chi connectivity index (χ1n) is 5.19. The minimum atomic E-state index is 0.584. The van der Waals surface area contributed by atoms with E-state index in [1.807, 2.05) is 6.92 Å². The molecule has 5 heteroatoms. The van der Waals surface area contributed by atoms with Crippen LogP contribution in [0.15, 0.2) is 18.5 Å². The lowest BCUT2D eigenvalue weighted by molar-refractivity contribution is 0.756. The van der Waals surface area contributed by atoms with Crippen LogP contribution in [0.2, 0.25) is 0 Å². The highest BCUT2D eigenvalue weighted by Crippen LogP contribution is 2.19. The maximum absolute atomic E-state index is 4.49. The standard InChI is InChI=1S/C11H11N5/c1-7-8-5-12-6-9(8)16-11(15-7)10-13-3-2-4-14-10/h2-4,12H,5-6H2,1H3. The van der Waals surface area contributed by atoms with Crippen LogP contribution in [0.25, 0.3) is 11.6 Å². The number of fused-ring (bicyclic) bond motifs is 1. The average Bonchev–Trinajstić information content (AvgIpc) is 2.79. The van der Waals surface area contributed by atoms with Crippen molar-refractivity contribution in [2.45, 2.75) is 20.0 Å². The van der Waals surface area contributed by atoms with Gasteiger partial charge in [0.25, 0.3) is 0 Å². The summed E-state index contributed by atoms with van der Waals surface area (Å²) < 4.78 is 0. The average molecular weight is 213 g/mol. The van der Waals surface area contributed by atoms with E-state index < -0.39 is 0 Å². The van der Waals surface area contributed by atoms with E-state index >= 15 is 0 Å². The van der Waals surface area contributed by atoms with E-state index in [0.717, 1.165) is 24.5 Å². The molecule has 1 aliphatic heterocycles. The van der Waals surface area contributed by atoms with Crippen LogP contribution in [0.5, 0.6) is 0 Å². The van der Waals surface area contributed by atoms with Crippen LogP contribution in [0.4, 0.5) is 0 Å². The molecule has 0 aromatic carbocycles. The Bertz CT molecular complexity index is 523. The Labute approximate surface area is 93.0 Å². The molecule has 0 atom stereocenters. The molecule has 0 aliphatic carbocycles. The summed E-state index contributed by atoms with van der Waals surface area (Å²) in [6.07, 6.45) is 3.40. The third kappa shape index (κ3) is 1.45. The highest BCUT2D eigenvalue weighted by Gasteiger charge is 2.17. The predicted octanol–water partition coefficient (Wildman–Crippen LogP) is 0.845. The van der Waals surface area contributed by atoms with E-state index in [0.29, 0.717) is 11.6 Å². The molecule has 2 aromatic rings. The summed E-state index contributed by atoms with van der Waals surface area (Å²) in [5.74, 6) is 1.20. The Balaban J connectivity index is 2.13. The van der Waals surface area contributed by atoms with Crippen LogP contribution in [0.1, 0.15) is 17.0 Å². The minimum Gasteiger partial charge on any atom is -0.307 e.